The fourth-order valence-corrected chi connectivity index (χ4v) is 0.786. The fraction of sp³-hybridized carbons (Fsp3) is 0.750. The molecule has 0 rings (SSSR count). The molecule has 0 heterocycles. The number of aliphatic hydroxyl groups excluding tert-OH is 1. The highest BCUT2D eigenvalue weighted by molar-refractivity contribution is 4.66. The van der Waals surface area contributed by atoms with Gasteiger partial charge in [-0.1, -0.05) is 12.5 Å². The second kappa shape index (κ2) is 6.78. The van der Waals surface area contributed by atoms with E-state index in [2.05, 4.69) is 6.58 Å². The molecule has 0 fully saturated rings. The molecule has 10 heavy (non-hydrogen) atoms. The molecule has 0 bridgehead atoms. The van der Waals surface area contributed by atoms with Gasteiger partial charge in [0, 0.05) is 6.54 Å². The highest BCUT2D eigenvalue weighted by atomic mass is 16.3. The van der Waals surface area contributed by atoms with E-state index in [1.807, 2.05) is 6.08 Å². The molecule has 0 aliphatic rings. The fourth-order valence-electron chi connectivity index (χ4n) is 0.786. The van der Waals surface area contributed by atoms with Gasteiger partial charge in [-0.25, -0.2) is 0 Å². The first-order valence-electron chi connectivity index (χ1n) is 3.80. The number of unbranched alkanes of at least 4 members (excludes halogenated alkanes) is 2. The maximum absolute atomic E-state index is 9.01. The zero-order chi connectivity index (χ0) is 7.82. The third kappa shape index (κ3) is 5.79. The van der Waals surface area contributed by atoms with Crippen LogP contribution in [-0.2, 0) is 0 Å². The van der Waals surface area contributed by atoms with Gasteiger partial charge in [0.2, 0.25) is 0 Å². The Hall–Kier alpha value is -0.340. The number of aliphatic hydroxyl groups is 1. The van der Waals surface area contributed by atoms with Crippen LogP contribution >= 0.6 is 0 Å². The van der Waals surface area contributed by atoms with Crippen LogP contribution in [0.2, 0.25) is 0 Å². The van der Waals surface area contributed by atoms with Gasteiger partial charge >= 0.3 is 0 Å². The second-order valence-corrected chi connectivity index (χ2v) is 2.46. The normalized spacial score (nSPS) is 13.0. The van der Waals surface area contributed by atoms with E-state index in [0.717, 1.165) is 25.7 Å². The van der Waals surface area contributed by atoms with Gasteiger partial charge in [-0.2, -0.15) is 0 Å². The lowest BCUT2D eigenvalue weighted by atomic mass is 10.1. The molecule has 0 aliphatic heterocycles. The summed E-state index contributed by atoms with van der Waals surface area (Å²) in [5.74, 6) is 0. The molecule has 60 valence electrons. The van der Waals surface area contributed by atoms with E-state index in [-0.39, 0.29) is 6.10 Å². The Bertz CT molecular complexity index is 83.3. The number of hydrogen-bond acceptors (Lipinski definition) is 2. The van der Waals surface area contributed by atoms with Gasteiger partial charge in [0.15, 0.2) is 0 Å². The molecule has 0 aromatic rings. The molecule has 2 nitrogen and oxygen atoms in total. The van der Waals surface area contributed by atoms with Crippen molar-refractivity contribution in [3.8, 4) is 0 Å². The Morgan fingerprint density at radius 2 is 2.20 bits per heavy atom. The zero-order valence-corrected chi connectivity index (χ0v) is 6.42. The van der Waals surface area contributed by atoms with Crippen LogP contribution in [-0.4, -0.2) is 17.8 Å². The summed E-state index contributed by atoms with van der Waals surface area (Å²) in [7, 11) is 0. The molecular weight excluding hydrogens is 126 g/mol. The van der Waals surface area contributed by atoms with Crippen molar-refractivity contribution in [1.29, 1.82) is 0 Å². The molecular formula is C8H17NO. The van der Waals surface area contributed by atoms with E-state index >= 15 is 0 Å². The summed E-state index contributed by atoms with van der Waals surface area (Å²) in [6.07, 6.45) is 5.62. The summed E-state index contributed by atoms with van der Waals surface area (Å²) in [5.41, 5.74) is 5.22. The minimum atomic E-state index is -0.301. The topological polar surface area (TPSA) is 46.2 Å². The summed E-state index contributed by atoms with van der Waals surface area (Å²) in [4.78, 5) is 0. The molecule has 0 unspecified atom stereocenters. The van der Waals surface area contributed by atoms with Crippen LogP contribution in [0.1, 0.15) is 25.7 Å². The van der Waals surface area contributed by atoms with E-state index < -0.39 is 0 Å². The summed E-state index contributed by atoms with van der Waals surface area (Å²) in [5, 5.41) is 9.01. The van der Waals surface area contributed by atoms with Gasteiger partial charge in [-0.3, -0.25) is 0 Å². The summed E-state index contributed by atoms with van der Waals surface area (Å²) in [6, 6.07) is 0. The molecule has 0 saturated carbocycles. The van der Waals surface area contributed by atoms with E-state index in [1.165, 1.54) is 0 Å². The van der Waals surface area contributed by atoms with Crippen molar-refractivity contribution in [1.82, 2.24) is 0 Å². The first kappa shape index (κ1) is 9.66. The smallest absolute Gasteiger partial charge is 0.0662 e. The third-order valence-electron chi connectivity index (χ3n) is 1.47. The Morgan fingerprint density at radius 3 is 2.70 bits per heavy atom. The lowest BCUT2D eigenvalue weighted by Crippen LogP contribution is -2.19. The summed E-state index contributed by atoms with van der Waals surface area (Å²) in [6.45, 7) is 3.99. The Kier molecular flexibility index (Phi) is 6.55. The quantitative estimate of drug-likeness (QED) is 0.431. The lowest BCUT2D eigenvalue weighted by Gasteiger charge is -2.04. The number of allylic oxidation sites excluding steroid dienone is 1. The van der Waals surface area contributed by atoms with Crippen LogP contribution in [0.15, 0.2) is 12.7 Å². The molecule has 3 N–H and O–H groups in total. The molecule has 0 amide bonds. The summed E-state index contributed by atoms with van der Waals surface area (Å²) >= 11 is 0. The van der Waals surface area contributed by atoms with Crippen LogP contribution in [0, 0.1) is 0 Å². The molecule has 0 saturated heterocycles. The monoisotopic (exact) mass is 143 g/mol. The van der Waals surface area contributed by atoms with Gasteiger partial charge < -0.3 is 10.8 Å². The van der Waals surface area contributed by atoms with Crippen LogP contribution in [0.4, 0.5) is 0 Å². The van der Waals surface area contributed by atoms with Crippen molar-refractivity contribution in [3.05, 3.63) is 12.7 Å². The Labute approximate surface area is 62.7 Å². The molecule has 0 radical (unpaired) electrons. The zero-order valence-electron chi connectivity index (χ0n) is 6.42. The predicted octanol–water partition coefficient (Wildman–Crippen LogP) is 1.05. The van der Waals surface area contributed by atoms with Gasteiger partial charge in [-0.15, -0.1) is 6.58 Å². The second-order valence-electron chi connectivity index (χ2n) is 2.46. The third-order valence-corrected chi connectivity index (χ3v) is 1.47. The number of nitrogens with two attached hydrogens (primary N) is 1. The van der Waals surface area contributed by atoms with Crippen molar-refractivity contribution in [2.75, 3.05) is 6.54 Å². The van der Waals surface area contributed by atoms with Crippen molar-refractivity contribution in [3.63, 3.8) is 0 Å². The van der Waals surface area contributed by atoms with Crippen LogP contribution in [0.5, 0.6) is 0 Å². The minimum Gasteiger partial charge on any atom is -0.392 e. The standard InChI is InChI=1S/C8H17NO/c1-2-3-4-5-6-8(10)7-9/h2,8,10H,1,3-7,9H2/t8-/m0/s1. The number of rotatable bonds is 6. The average molecular weight is 143 g/mol. The SMILES string of the molecule is C=CCCCC[C@H](O)CN. The highest BCUT2D eigenvalue weighted by Gasteiger charge is 1.98. The largest absolute Gasteiger partial charge is 0.392 e. The molecule has 0 aromatic carbocycles. The maximum atomic E-state index is 9.01. The van der Waals surface area contributed by atoms with Gasteiger partial charge in [0.05, 0.1) is 6.10 Å². The van der Waals surface area contributed by atoms with Crippen molar-refractivity contribution < 1.29 is 5.11 Å². The Balaban J connectivity index is 2.95. The van der Waals surface area contributed by atoms with Crippen molar-refractivity contribution in [2.45, 2.75) is 31.8 Å². The van der Waals surface area contributed by atoms with E-state index in [0.29, 0.717) is 6.54 Å². The maximum Gasteiger partial charge on any atom is 0.0662 e. The molecule has 2 heteroatoms. The molecule has 1 atom stereocenters. The average Bonchev–Trinajstić information content (AvgIpc) is 1.98. The van der Waals surface area contributed by atoms with E-state index in [9.17, 15) is 0 Å². The van der Waals surface area contributed by atoms with Gasteiger partial charge in [0.1, 0.15) is 0 Å². The first-order valence-corrected chi connectivity index (χ1v) is 3.80. The Morgan fingerprint density at radius 1 is 1.50 bits per heavy atom. The minimum absolute atomic E-state index is 0.301. The molecule has 0 spiro atoms. The van der Waals surface area contributed by atoms with Crippen molar-refractivity contribution in [2.24, 2.45) is 5.73 Å². The van der Waals surface area contributed by atoms with Crippen LogP contribution < -0.4 is 5.73 Å². The lowest BCUT2D eigenvalue weighted by molar-refractivity contribution is 0.169. The van der Waals surface area contributed by atoms with Gasteiger partial charge in [0.25, 0.3) is 0 Å². The molecule has 0 aromatic heterocycles. The van der Waals surface area contributed by atoms with Crippen LogP contribution in [0.3, 0.4) is 0 Å². The first-order chi connectivity index (χ1) is 4.81. The highest BCUT2D eigenvalue weighted by Crippen LogP contribution is 2.02. The van der Waals surface area contributed by atoms with Crippen molar-refractivity contribution >= 4 is 0 Å². The van der Waals surface area contributed by atoms with Crippen LogP contribution in [0.25, 0.3) is 0 Å². The predicted molar refractivity (Wildman–Crippen MR) is 43.7 cm³/mol. The summed E-state index contributed by atoms with van der Waals surface area (Å²) < 4.78 is 0. The molecule has 0 aliphatic carbocycles. The number of hydrogen-bond donors (Lipinski definition) is 2. The van der Waals surface area contributed by atoms with E-state index in [1.54, 1.807) is 0 Å². The van der Waals surface area contributed by atoms with E-state index in [4.69, 9.17) is 10.8 Å². The van der Waals surface area contributed by atoms with Gasteiger partial charge in [-0.05, 0) is 19.3 Å².